The van der Waals surface area contributed by atoms with Crippen molar-refractivity contribution in [1.82, 2.24) is 19.4 Å². The number of hydrogen-bond donors (Lipinski definition) is 1. The van der Waals surface area contributed by atoms with Crippen molar-refractivity contribution in [1.29, 1.82) is 0 Å². The number of aromatic nitrogens is 4. The molecule has 0 saturated heterocycles. The quantitative estimate of drug-likeness (QED) is 0.931. The standard InChI is InChI=1S/C13H21N5S/c1-13(2,3)12-11(19-17-16-12)10(14)6-5-9-7-15-18(4)8-9/h7-8,10H,5-6,14H2,1-4H3. The lowest BCUT2D eigenvalue weighted by molar-refractivity contribution is 0.544. The summed E-state index contributed by atoms with van der Waals surface area (Å²) < 4.78 is 5.88. The van der Waals surface area contributed by atoms with E-state index < -0.39 is 0 Å². The maximum absolute atomic E-state index is 6.29. The highest BCUT2D eigenvalue weighted by Gasteiger charge is 2.25. The molecule has 1 unspecified atom stereocenters. The Morgan fingerprint density at radius 2 is 2.16 bits per heavy atom. The summed E-state index contributed by atoms with van der Waals surface area (Å²) in [6.07, 6.45) is 5.74. The van der Waals surface area contributed by atoms with Crippen molar-refractivity contribution in [3.05, 3.63) is 28.5 Å². The van der Waals surface area contributed by atoms with E-state index in [2.05, 4.69) is 35.5 Å². The second-order valence-corrected chi connectivity index (χ2v) is 6.69. The molecule has 0 amide bonds. The smallest absolute Gasteiger partial charge is 0.0856 e. The SMILES string of the molecule is Cn1cc(CCC(N)c2snnc2C(C)(C)C)cn1. The lowest BCUT2D eigenvalue weighted by Gasteiger charge is -2.19. The summed E-state index contributed by atoms with van der Waals surface area (Å²) in [5, 5.41) is 8.41. The van der Waals surface area contributed by atoms with Gasteiger partial charge in [0, 0.05) is 24.7 Å². The summed E-state index contributed by atoms with van der Waals surface area (Å²) in [5.74, 6) is 0. The molecule has 0 saturated carbocycles. The van der Waals surface area contributed by atoms with E-state index in [1.807, 2.05) is 24.1 Å². The third-order valence-electron chi connectivity index (χ3n) is 3.06. The zero-order chi connectivity index (χ0) is 14.0. The summed E-state index contributed by atoms with van der Waals surface area (Å²) in [7, 11) is 1.92. The zero-order valence-electron chi connectivity index (χ0n) is 11.9. The first-order valence-electron chi connectivity index (χ1n) is 6.44. The third kappa shape index (κ3) is 3.39. The van der Waals surface area contributed by atoms with E-state index in [1.165, 1.54) is 17.1 Å². The highest BCUT2D eigenvalue weighted by Crippen LogP contribution is 2.31. The zero-order valence-corrected chi connectivity index (χ0v) is 12.7. The summed E-state index contributed by atoms with van der Waals surface area (Å²) in [5.41, 5.74) is 8.53. The van der Waals surface area contributed by atoms with Crippen LogP contribution in [0.15, 0.2) is 12.4 Å². The van der Waals surface area contributed by atoms with Gasteiger partial charge in [0.15, 0.2) is 0 Å². The van der Waals surface area contributed by atoms with Crippen LogP contribution in [0.4, 0.5) is 0 Å². The van der Waals surface area contributed by atoms with Gasteiger partial charge in [-0.25, -0.2) is 0 Å². The van der Waals surface area contributed by atoms with E-state index in [0.717, 1.165) is 23.4 Å². The molecule has 0 aliphatic rings. The van der Waals surface area contributed by atoms with Crippen molar-refractivity contribution >= 4 is 11.5 Å². The van der Waals surface area contributed by atoms with E-state index in [9.17, 15) is 0 Å². The minimum Gasteiger partial charge on any atom is -0.323 e. The Kier molecular flexibility index (Phi) is 4.01. The van der Waals surface area contributed by atoms with Gasteiger partial charge in [-0.05, 0) is 29.9 Å². The van der Waals surface area contributed by atoms with E-state index in [-0.39, 0.29) is 11.5 Å². The minimum atomic E-state index is -0.00570. The van der Waals surface area contributed by atoms with E-state index in [4.69, 9.17) is 5.73 Å². The van der Waals surface area contributed by atoms with Gasteiger partial charge in [-0.15, -0.1) is 5.10 Å². The first-order valence-corrected chi connectivity index (χ1v) is 7.21. The number of nitrogens with two attached hydrogens (primary N) is 1. The fourth-order valence-corrected chi connectivity index (χ4v) is 2.91. The highest BCUT2D eigenvalue weighted by atomic mass is 32.1. The van der Waals surface area contributed by atoms with Gasteiger partial charge in [0.1, 0.15) is 0 Å². The van der Waals surface area contributed by atoms with Gasteiger partial charge in [0.25, 0.3) is 0 Å². The minimum absolute atomic E-state index is 0.00516. The molecule has 0 spiro atoms. The Morgan fingerprint density at radius 3 is 2.74 bits per heavy atom. The Hall–Kier alpha value is -1.27. The molecule has 0 aliphatic carbocycles. The van der Waals surface area contributed by atoms with Crippen molar-refractivity contribution in [3.8, 4) is 0 Å². The van der Waals surface area contributed by atoms with Crippen LogP contribution in [-0.2, 0) is 18.9 Å². The molecule has 19 heavy (non-hydrogen) atoms. The van der Waals surface area contributed by atoms with Crippen molar-refractivity contribution < 1.29 is 0 Å². The molecule has 1 atom stereocenters. The van der Waals surface area contributed by atoms with Crippen LogP contribution in [0, 0.1) is 0 Å². The Bertz CT molecular complexity index is 537. The van der Waals surface area contributed by atoms with Crippen LogP contribution >= 0.6 is 11.5 Å². The molecule has 0 aromatic carbocycles. The predicted molar refractivity (Wildman–Crippen MR) is 77.1 cm³/mol. The molecule has 2 rings (SSSR count). The van der Waals surface area contributed by atoms with Crippen LogP contribution in [0.25, 0.3) is 0 Å². The average molecular weight is 279 g/mol. The van der Waals surface area contributed by atoms with Gasteiger partial charge < -0.3 is 5.73 Å². The maximum Gasteiger partial charge on any atom is 0.0856 e. The molecule has 0 fully saturated rings. The maximum atomic E-state index is 6.29. The van der Waals surface area contributed by atoms with Crippen LogP contribution in [0.2, 0.25) is 0 Å². The van der Waals surface area contributed by atoms with Crippen LogP contribution in [0.1, 0.15) is 49.4 Å². The Labute approximate surface area is 118 Å². The molecule has 0 radical (unpaired) electrons. The molecule has 5 nitrogen and oxygen atoms in total. The lowest BCUT2D eigenvalue weighted by Crippen LogP contribution is -2.19. The average Bonchev–Trinajstić information content (AvgIpc) is 2.93. The van der Waals surface area contributed by atoms with Crippen LogP contribution in [0.5, 0.6) is 0 Å². The third-order valence-corrected chi connectivity index (χ3v) is 3.92. The van der Waals surface area contributed by atoms with Gasteiger partial charge in [-0.1, -0.05) is 25.3 Å². The largest absolute Gasteiger partial charge is 0.323 e. The second kappa shape index (κ2) is 5.38. The monoisotopic (exact) mass is 279 g/mol. The molecule has 2 aromatic heterocycles. The van der Waals surface area contributed by atoms with Crippen molar-refractivity contribution in [3.63, 3.8) is 0 Å². The Balaban J connectivity index is 2.04. The number of aryl methyl sites for hydroxylation is 2. The topological polar surface area (TPSA) is 69.6 Å². The second-order valence-electron chi connectivity index (χ2n) is 5.90. The summed E-state index contributed by atoms with van der Waals surface area (Å²) in [6, 6.07) is -0.00516. The summed E-state index contributed by atoms with van der Waals surface area (Å²) in [6.45, 7) is 6.42. The van der Waals surface area contributed by atoms with Crippen molar-refractivity contribution in [2.24, 2.45) is 12.8 Å². The van der Waals surface area contributed by atoms with Crippen LogP contribution in [0.3, 0.4) is 0 Å². The molecular weight excluding hydrogens is 258 g/mol. The summed E-state index contributed by atoms with van der Waals surface area (Å²) in [4.78, 5) is 1.11. The molecular formula is C13H21N5S. The predicted octanol–water partition coefficient (Wildman–Crippen LogP) is 2.20. The molecule has 2 N–H and O–H groups in total. The molecule has 2 heterocycles. The fraction of sp³-hybridized carbons (Fsp3) is 0.615. The first kappa shape index (κ1) is 14.1. The van der Waals surface area contributed by atoms with Gasteiger partial charge in [-0.2, -0.15) is 5.10 Å². The first-order chi connectivity index (χ1) is 8.88. The highest BCUT2D eigenvalue weighted by molar-refractivity contribution is 7.05. The fourth-order valence-electron chi connectivity index (χ4n) is 2.01. The number of rotatable bonds is 4. The Morgan fingerprint density at radius 1 is 1.42 bits per heavy atom. The molecule has 6 heteroatoms. The number of hydrogen-bond acceptors (Lipinski definition) is 5. The van der Waals surface area contributed by atoms with Crippen LogP contribution < -0.4 is 5.73 Å². The number of nitrogens with zero attached hydrogens (tertiary/aromatic N) is 4. The van der Waals surface area contributed by atoms with Gasteiger partial charge in [0.2, 0.25) is 0 Å². The van der Waals surface area contributed by atoms with Crippen molar-refractivity contribution in [2.45, 2.75) is 45.1 Å². The van der Waals surface area contributed by atoms with E-state index in [1.54, 1.807) is 0 Å². The van der Waals surface area contributed by atoms with Gasteiger partial charge in [-0.3, -0.25) is 4.68 Å². The lowest BCUT2D eigenvalue weighted by atomic mass is 9.89. The van der Waals surface area contributed by atoms with E-state index >= 15 is 0 Å². The van der Waals surface area contributed by atoms with E-state index in [0.29, 0.717) is 0 Å². The normalized spacial score (nSPS) is 13.7. The molecule has 104 valence electrons. The molecule has 0 bridgehead atoms. The molecule has 0 aliphatic heterocycles. The van der Waals surface area contributed by atoms with Crippen LogP contribution in [-0.4, -0.2) is 19.4 Å². The van der Waals surface area contributed by atoms with Gasteiger partial charge >= 0.3 is 0 Å². The van der Waals surface area contributed by atoms with Crippen molar-refractivity contribution in [2.75, 3.05) is 0 Å². The summed E-state index contributed by atoms with van der Waals surface area (Å²) >= 11 is 1.42. The molecule has 2 aromatic rings. The van der Waals surface area contributed by atoms with Gasteiger partial charge in [0.05, 0.1) is 16.8 Å².